The van der Waals surface area contributed by atoms with E-state index in [4.69, 9.17) is 0 Å². The molecule has 0 amide bonds. The average Bonchev–Trinajstić information content (AvgIpc) is 2.83. The molecule has 2 heterocycles. The van der Waals surface area contributed by atoms with Crippen molar-refractivity contribution in [2.24, 2.45) is 5.92 Å². The lowest BCUT2D eigenvalue weighted by molar-refractivity contribution is 0.379. The summed E-state index contributed by atoms with van der Waals surface area (Å²) in [4.78, 5) is 0. The molecule has 98 valence electrons. The van der Waals surface area contributed by atoms with Crippen LogP contribution in [0.3, 0.4) is 0 Å². The van der Waals surface area contributed by atoms with Gasteiger partial charge in [-0.25, -0.2) is 4.52 Å². The minimum Gasteiger partial charge on any atom is -0.310 e. The summed E-state index contributed by atoms with van der Waals surface area (Å²) in [6, 6.07) is 6.63. The molecular formula is C15H23N3. The van der Waals surface area contributed by atoms with Gasteiger partial charge in [0.1, 0.15) is 0 Å². The van der Waals surface area contributed by atoms with Crippen molar-refractivity contribution in [3.8, 4) is 0 Å². The number of nitrogens with one attached hydrogen (secondary N) is 1. The summed E-state index contributed by atoms with van der Waals surface area (Å²) in [5.74, 6) is 0.616. The molecule has 2 rings (SSSR count). The van der Waals surface area contributed by atoms with Crippen molar-refractivity contribution in [1.82, 2.24) is 14.9 Å². The first-order valence-electron chi connectivity index (χ1n) is 6.93. The van der Waals surface area contributed by atoms with Gasteiger partial charge in [0.25, 0.3) is 0 Å². The summed E-state index contributed by atoms with van der Waals surface area (Å²) in [5.41, 5.74) is 2.53. The van der Waals surface area contributed by atoms with Crippen molar-refractivity contribution < 1.29 is 0 Å². The molecule has 0 aromatic carbocycles. The Bertz CT molecular complexity index is 489. The van der Waals surface area contributed by atoms with Crippen molar-refractivity contribution in [2.75, 3.05) is 6.54 Å². The number of rotatable bonds is 6. The molecule has 2 aromatic heterocycles. The summed E-state index contributed by atoms with van der Waals surface area (Å²) in [6.07, 6.45) is 6.35. The van der Waals surface area contributed by atoms with E-state index in [-0.39, 0.29) is 0 Å². The van der Waals surface area contributed by atoms with Crippen LogP contribution in [0, 0.1) is 5.92 Å². The smallest absolute Gasteiger partial charge is 0.0709 e. The molecule has 0 saturated carbocycles. The minimum atomic E-state index is 0.398. The van der Waals surface area contributed by atoms with Crippen LogP contribution >= 0.6 is 0 Å². The zero-order valence-electron chi connectivity index (χ0n) is 11.6. The Balaban J connectivity index is 2.34. The molecule has 0 aliphatic rings. The molecule has 2 aromatic rings. The van der Waals surface area contributed by atoms with E-state index in [2.05, 4.69) is 43.3 Å². The molecule has 0 aliphatic carbocycles. The van der Waals surface area contributed by atoms with Crippen LogP contribution < -0.4 is 5.32 Å². The maximum Gasteiger partial charge on any atom is 0.0709 e. The van der Waals surface area contributed by atoms with Gasteiger partial charge in [-0.05, 0) is 31.0 Å². The van der Waals surface area contributed by atoms with Gasteiger partial charge in [-0.3, -0.25) is 0 Å². The van der Waals surface area contributed by atoms with E-state index < -0.39 is 0 Å². The molecule has 3 nitrogen and oxygen atoms in total. The zero-order chi connectivity index (χ0) is 13.0. The molecule has 0 spiro atoms. The highest BCUT2D eigenvalue weighted by Crippen LogP contribution is 2.27. The number of hydrogen-bond donors (Lipinski definition) is 1. The third-order valence-electron chi connectivity index (χ3n) is 3.62. The van der Waals surface area contributed by atoms with Crippen LogP contribution in [0.2, 0.25) is 0 Å². The molecule has 3 heteroatoms. The maximum absolute atomic E-state index is 4.44. The molecule has 18 heavy (non-hydrogen) atoms. The fraction of sp³-hybridized carbons (Fsp3) is 0.533. The summed E-state index contributed by atoms with van der Waals surface area (Å²) < 4.78 is 1.96. The van der Waals surface area contributed by atoms with Crippen LogP contribution in [-0.2, 0) is 0 Å². The summed E-state index contributed by atoms with van der Waals surface area (Å²) >= 11 is 0. The molecule has 0 bridgehead atoms. The summed E-state index contributed by atoms with van der Waals surface area (Å²) in [5, 5.41) is 8.10. The first-order valence-corrected chi connectivity index (χ1v) is 6.93. The van der Waals surface area contributed by atoms with E-state index in [0.717, 1.165) is 13.0 Å². The third kappa shape index (κ3) is 2.56. The normalized spacial score (nSPS) is 14.8. The van der Waals surface area contributed by atoms with Gasteiger partial charge in [0.15, 0.2) is 0 Å². The quantitative estimate of drug-likeness (QED) is 0.845. The van der Waals surface area contributed by atoms with Crippen molar-refractivity contribution in [3.05, 3.63) is 36.2 Å². The topological polar surface area (TPSA) is 29.3 Å². The molecular weight excluding hydrogens is 222 g/mol. The monoisotopic (exact) mass is 245 g/mol. The average molecular weight is 245 g/mol. The van der Waals surface area contributed by atoms with Crippen molar-refractivity contribution >= 4 is 5.52 Å². The predicted octanol–water partition coefficient (Wildman–Crippen LogP) is 3.42. The van der Waals surface area contributed by atoms with Crippen LogP contribution in [0.5, 0.6) is 0 Å². The van der Waals surface area contributed by atoms with Gasteiger partial charge in [0.05, 0.1) is 11.7 Å². The Labute approximate surface area is 109 Å². The van der Waals surface area contributed by atoms with Gasteiger partial charge < -0.3 is 5.32 Å². The van der Waals surface area contributed by atoms with Gasteiger partial charge in [-0.1, -0.05) is 33.3 Å². The van der Waals surface area contributed by atoms with E-state index in [9.17, 15) is 0 Å². The second-order valence-electron chi connectivity index (χ2n) is 4.95. The molecule has 1 N–H and O–H groups in total. The predicted molar refractivity (Wildman–Crippen MR) is 75.7 cm³/mol. The lowest BCUT2D eigenvalue weighted by Crippen LogP contribution is -2.27. The van der Waals surface area contributed by atoms with Gasteiger partial charge in [-0.15, -0.1) is 0 Å². The van der Waals surface area contributed by atoms with Crippen LogP contribution in [0.15, 0.2) is 30.6 Å². The van der Waals surface area contributed by atoms with E-state index in [1.54, 1.807) is 0 Å². The highest BCUT2D eigenvalue weighted by atomic mass is 15.2. The fourth-order valence-corrected chi connectivity index (χ4v) is 2.35. The Morgan fingerprint density at radius 3 is 2.89 bits per heavy atom. The Morgan fingerprint density at radius 2 is 2.17 bits per heavy atom. The third-order valence-corrected chi connectivity index (χ3v) is 3.62. The van der Waals surface area contributed by atoms with Gasteiger partial charge >= 0.3 is 0 Å². The largest absolute Gasteiger partial charge is 0.310 e. The Hall–Kier alpha value is -1.35. The summed E-state index contributed by atoms with van der Waals surface area (Å²) in [7, 11) is 0. The highest BCUT2D eigenvalue weighted by Gasteiger charge is 2.20. The molecule has 0 saturated heterocycles. The molecule has 0 fully saturated rings. The second-order valence-corrected chi connectivity index (χ2v) is 4.95. The van der Waals surface area contributed by atoms with Gasteiger partial charge in [0, 0.05) is 17.8 Å². The lowest BCUT2D eigenvalue weighted by atomic mass is 9.93. The van der Waals surface area contributed by atoms with Gasteiger partial charge in [-0.2, -0.15) is 5.10 Å². The maximum atomic E-state index is 4.44. The van der Waals surface area contributed by atoms with Crippen LogP contribution in [0.1, 0.15) is 45.2 Å². The lowest BCUT2D eigenvalue weighted by Gasteiger charge is -2.23. The van der Waals surface area contributed by atoms with Crippen LogP contribution in [0.4, 0.5) is 0 Å². The SMILES string of the molecule is CCCNC(c1cnn2ccccc12)C(C)CC. The summed E-state index contributed by atoms with van der Waals surface area (Å²) in [6.45, 7) is 7.81. The van der Waals surface area contributed by atoms with Crippen molar-refractivity contribution in [1.29, 1.82) is 0 Å². The zero-order valence-corrected chi connectivity index (χ0v) is 11.6. The van der Waals surface area contributed by atoms with Crippen LogP contribution in [-0.4, -0.2) is 16.2 Å². The molecule has 0 aliphatic heterocycles. The number of nitrogens with zero attached hydrogens (tertiary/aromatic N) is 2. The highest BCUT2D eigenvalue weighted by molar-refractivity contribution is 5.55. The second kappa shape index (κ2) is 6.01. The fourth-order valence-electron chi connectivity index (χ4n) is 2.35. The first-order chi connectivity index (χ1) is 8.77. The minimum absolute atomic E-state index is 0.398. The number of fused-ring (bicyclic) bond motifs is 1. The number of hydrogen-bond acceptors (Lipinski definition) is 2. The van der Waals surface area contributed by atoms with E-state index in [1.165, 1.54) is 17.5 Å². The molecule has 2 unspecified atom stereocenters. The van der Waals surface area contributed by atoms with Crippen LogP contribution in [0.25, 0.3) is 5.52 Å². The molecule has 2 atom stereocenters. The van der Waals surface area contributed by atoms with Crippen molar-refractivity contribution in [2.45, 2.75) is 39.7 Å². The molecule has 0 radical (unpaired) electrons. The van der Waals surface area contributed by atoms with Gasteiger partial charge in [0.2, 0.25) is 0 Å². The first kappa shape index (κ1) is 13.1. The van der Waals surface area contributed by atoms with Crippen molar-refractivity contribution in [3.63, 3.8) is 0 Å². The van der Waals surface area contributed by atoms with E-state index >= 15 is 0 Å². The van der Waals surface area contributed by atoms with E-state index in [1.807, 2.05) is 23.0 Å². The number of aromatic nitrogens is 2. The Morgan fingerprint density at radius 1 is 1.33 bits per heavy atom. The van der Waals surface area contributed by atoms with E-state index in [0.29, 0.717) is 12.0 Å². The standard InChI is InChI=1S/C15H23N3/c1-4-9-16-15(12(3)5-2)13-11-17-18-10-7-6-8-14(13)18/h6-8,10-12,15-16H,4-5,9H2,1-3H3. The Kier molecular flexibility index (Phi) is 4.37. The number of pyridine rings is 1.